The van der Waals surface area contributed by atoms with Crippen molar-refractivity contribution in [3.8, 4) is 24.0 Å². The van der Waals surface area contributed by atoms with Gasteiger partial charge in [0.2, 0.25) is 0 Å². The van der Waals surface area contributed by atoms with Crippen LogP contribution in [0, 0.1) is 12.5 Å². The van der Waals surface area contributed by atoms with Crippen LogP contribution in [0.2, 0.25) is 0 Å². The van der Waals surface area contributed by atoms with Gasteiger partial charge in [-0.25, -0.2) is 4.79 Å². The Labute approximate surface area is 234 Å². The van der Waals surface area contributed by atoms with E-state index in [4.69, 9.17) is 15.9 Å². The molecule has 9 nitrogen and oxygen atoms in total. The molecule has 0 spiro atoms. The average molecular weight is 544 g/mol. The Balaban J connectivity index is 1.96. The largest absolute Gasteiger partial charge is 0.508 e. The lowest BCUT2D eigenvalue weighted by atomic mass is 10.0. The molecule has 0 radical (unpaired) electrons. The topological polar surface area (TPSA) is 117 Å². The van der Waals surface area contributed by atoms with Gasteiger partial charge in [-0.15, -0.1) is 0 Å². The summed E-state index contributed by atoms with van der Waals surface area (Å²) in [7, 11) is 1.54. The smallest absolute Gasteiger partial charge is 0.408 e. The number of terminal acetylenes is 1. The van der Waals surface area contributed by atoms with Crippen molar-refractivity contribution in [2.24, 2.45) is 0 Å². The lowest BCUT2D eigenvalue weighted by Gasteiger charge is -2.30. The van der Waals surface area contributed by atoms with Crippen LogP contribution < -0.4 is 15.4 Å². The van der Waals surface area contributed by atoms with Crippen LogP contribution in [0.25, 0.3) is 0 Å². The Kier molecular flexibility index (Phi) is 9.76. The standard InChI is InChI=1S/C31H33N3O6/c1-6-34(27(22-10-8-7-9-11-22)28(36)32-23-14-18-25(39-5)19-15-23)29(37)26(33-30(38)40-31(2,3)4)20-21-12-16-24(35)17-13-21/h1,7-19,26-27,35H,20H2,2-5H3,(H,32,36)(H,33,38). The molecular weight excluding hydrogens is 510 g/mol. The summed E-state index contributed by atoms with van der Waals surface area (Å²) in [5.41, 5.74) is 0.777. The zero-order chi connectivity index (χ0) is 29.3. The number of rotatable bonds is 9. The maximum Gasteiger partial charge on any atom is 0.408 e. The highest BCUT2D eigenvalue weighted by molar-refractivity contribution is 5.99. The van der Waals surface area contributed by atoms with Crippen LogP contribution in [0.3, 0.4) is 0 Å². The fourth-order valence-corrected chi connectivity index (χ4v) is 3.89. The number of alkyl carbamates (subject to hydrolysis) is 1. The number of phenolic OH excluding ortho intramolecular Hbond substituents is 1. The maximum absolute atomic E-state index is 14.0. The second-order valence-electron chi connectivity index (χ2n) is 9.94. The molecule has 9 heteroatoms. The molecule has 0 saturated carbocycles. The number of amides is 3. The fraction of sp³-hybridized carbons (Fsp3) is 0.258. The number of hydrogen-bond acceptors (Lipinski definition) is 6. The number of ether oxygens (including phenoxy) is 2. The number of benzene rings is 3. The van der Waals surface area contributed by atoms with E-state index >= 15 is 0 Å². The molecule has 2 atom stereocenters. The van der Waals surface area contributed by atoms with Crippen LogP contribution in [0.5, 0.6) is 11.5 Å². The number of carbonyl (C=O) groups excluding carboxylic acids is 3. The summed E-state index contributed by atoms with van der Waals surface area (Å²) in [5.74, 6) is -0.580. The van der Waals surface area contributed by atoms with E-state index < -0.39 is 35.6 Å². The number of phenols is 1. The van der Waals surface area contributed by atoms with Gasteiger partial charge < -0.3 is 25.2 Å². The van der Waals surface area contributed by atoms with Gasteiger partial charge in [0, 0.05) is 18.2 Å². The van der Waals surface area contributed by atoms with Gasteiger partial charge in [0.15, 0.2) is 0 Å². The van der Waals surface area contributed by atoms with Gasteiger partial charge in [-0.2, -0.15) is 0 Å². The van der Waals surface area contributed by atoms with Crippen molar-refractivity contribution in [1.29, 1.82) is 0 Å². The van der Waals surface area contributed by atoms with E-state index in [9.17, 15) is 19.5 Å². The van der Waals surface area contributed by atoms with Crippen molar-refractivity contribution in [1.82, 2.24) is 10.2 Å². The molecule has 3 rings (SSSR count). The summed E-state index contributed by atoms with van der Waals surface area (Å²) < 4.78 is 10.5. The summed E-state index contributed by atoms with van der Waals surface area (Å²) in [4.78, 5) is 41.3. The van der Waals surface area contributed by atoms with Crippen LogP contribution in [-0.4, -0.2) is 46.7 Å². The third-order valence-corrected chi connectivity index (χ3v) is 5.72. The lowest BCUT2D eigenvalue weighted by molar-refractivity contribution is -0.136. The highest BCUT2D eigenvalue weighted by Gasteiger charge is 2.36. The first-order valence-corrected chi connectivity index (χ1v) is 12.6. The molecule has 0 aliphatic carbocycles. The third-order valence-electron chi connectivity index (χ3n) is 5.72. The van der Waals surface area contributed by atoms with E-state index in [0.29, 0.717) is 22.6 Å². The molecule has 0 fully saturated rings. The minimum Gasteiger partial charge on any atom is -0.508 e. The molecule has 3 amide bonds. The Bertz CT molecular complexity index is 1340. The number of methoxy groups -OCH3 is 1. The van der Waals surface area contributed by atoms with Gasteiger partial charge in [0.05, 0.1) is 7.11 Å². The molecule has 3 aromatic carbocycles. The summed E-state index contributed by atoms with van der Waals surface area (Å²) in [6.07, 6.45) is 5.05. The molecule has 3 N–H and O–H groups in total. The Morgan fingerprint density at radius 2 is 1.60 bits per heavy atom. The fourth-order valence-electron chi connectivity index (χ4n) is 3.89. The minimum atomic E-state index is -1.22. The van der Waals surface area contributed by atoms with E-state index in [0.717, 1.165) is 4.90 Å². The molecule has 0 heterocycles. The molecule has 0 aromatic heterocycles. The summed E-state index contributed by atoms with van der Waals surface area (Å²) >= 11 is 0. The SMILES string of the molecule is C#CN(C(=O)C(Cc1ccc(O)cc1)NC(=O)OC(C)(C)C)C(C(=O)Nc1ccc(OC)cc1)c1ccccc1. The van der Waals surface area contributed by atoms with Crippen molar-refractivity contribution in [2.75, 3.05) is 12.4 Å². The minimum absolute atomic E-state index is 0.0259. The van der Waals surface area contributed by atoms with Crippen LogP contribution in [0.15, 0.2) is 78.9 Å². The molecule has 208 valence electrons. The number of carbonyl (C=O) groups is 3. The second-order valence-corrected chi connectivity index (χ2v) is 9.94. The highest BCUT2D eigenvalue weighted by atomic mass is 16.6. The highest BCUT2D eigenvalue weighted by Crippen LogP contribution is 2.25. The number of nitrogens with zero attached hydrogens (tertiary/aromatic N) is 1. The van der Waals surface area contributed by atoms with Crippen LogP contribution >= 0.6 is 0 Å². The summed E-state index contributed by atoms with van der Waals surface area (Å²) in [5, 5.41) is 15.1. The molecule has 0 aliphatic rings. The monoisotopic (exact) mass is 543 g/mol. The first kappa shape index (κ1) is 29.6. The summed E-state index contributed by atoms with van der Waals surface area (Å²) in [6, 6.07) is 21.5. The van der Waals surface area contributed by atoms with E-state index in [1.54, 1.807) is 87.5 Å². The van der Waals surface area contributed by atoms with Crippen molar-refractivity contribution >= 4 is 23.6 Å². The maximum atomic E-state index is 14.0. The van der Waals surface area contributed by atoms with Crippen molar-refractivity contribution in [3.05, 3.63) is 90.0 Å². The van der Waals surface area contributed by atoms with Crippen molar-refractivity contribution in [2.45, 2.75) is 44.9 Å². The predicted molar refractivity (Wildman–Crippen MR) is 151 cm³/mol. The molecule has 3 aromatic rings. The average Bonchev–Trinajstić information content (AvgIpc) is 2.92. The van der Waals surface area contributed by atoms with Crippen LogP contribution in [0.4, 0.5) is 10.5 Å². The molecule has 0 saturated heterocycles. The molecule has 0 aliphatic heterocycles. The van der Waals surface area contributed by atoms with E-state index in [2.05, 4.69) is 16.7 Å². The zero-order valence-corrected chi connectivity index (χ0v) is 22.9. The second kappa shape index (κ2) is 13.2. The van der Waals surface area contributed by atoms with E-state index in [1.165, 1.54) is 19.2 Å². The van der Waals surface area contributed by atoms with Gasteiger partial charge in [-0.1, -0.05) is 48.9 Å². The molecular formula is C31H33N3O6. The van der Waals surface area contributed by atoms with E-state index in [-0.39, 0.29) is 12.2 Å². The number of nitrogens with one attached hydrogen (secondary N) is 2. The van der Waals surface area contributed by atoms with Crippen LogP contribution in [0.1, 0.15) is 37.9 Å². The Morgan fingerprint density at radius 3 is 2.15 bits per heavy atom. The normalized spacial score (nSPS) is 12.3. The Morgan fingerprint density at radius 1 is 0.975 bits per heavy atom. The van der Waals surface area contributed by atoms with Gasteiger partial charge >= 0.3 is 6.09 Å². The lowest BCUT2D eigenvalue weighted by Crippen LogP contribution is -2.51. The number of anilines is 1. The number of aromatic hydroxyl groups is 1. The molecule has 40 heavy (non-hydrogen) atoms. The van der Waals surface area contributed by atoms with Crippen molar-refractivity contribution < 1.29 is 29.0 Å². The summed E-state index contributed by atoms with van der Waals surface area (Å²) in [6.45, 7) is 5.10. The third kappa shape index (κ3) is 8.27. The predicted octanol–water partition coefficient (Wildman–Crippen LogP) is 4.64. The van der Waals surface area contributed by atoms with Crippen molar-refractivity contribution in [3.63, 3.8) is 0 Å². The van der Waals surface area contributed by atoms with Gasteiger partial charge in [-0.05, 0) is 68.3 Å². The van der Waals surface area contributed by atoms with Gasteiger partial charge in [0.1, 0.15) is 29.2 Å². The zero-order valence-electron chi connectivity index (χ0n) is 22.9. The first-order chi connectivity index (χ1) is 19.0. The van der Waals surface area contributed by atoms with E-state index in [1.807, 2.05) is 0 Å². The van der Waals surface area contributed by atoms with Crippen LogP contribution in [-0.2, 0) is 20.7 Å². The quantitative estimate of drug-likeness (QED) is 0.268. The van der Waals surface area contributed by atoms with Gasteiger partial charge in [-0.3, -0.25) is 14.5 Å². The molecule has 0 bridgehead atoms. The first-order valence-electron chi connectivity index (χ1n) is 12.6. The van der Waals surface area contributed by atoms with Gasteiger partial charge in [0.25, 0.3) is 11.8 Å². The number of hydrogen-bond donors (Lipinski definition) is 3. The Hall–Kier alpha value is -4.97. The molecule has 2 unspecified atom stereocenters.